The topological polar surface area (TPSA) is 26.7 Å². The Kier molecular flexibility index (Phi) is 4.17. The first-order valence-electron chi connectivity index (χ1n) is 9.82. The smallest absolute Gasteiger partial charge is 0.163 e. The molecule has 0 unspecified atom stereocenters. The summed E-state index contributed by atoms with van der Waals surface area (Å²) in [5.74, 6) is -0.326. The van der Waals surface area contributed by atoms with Crippen molar-refractivity contribution < 1.29 is 13.9 Å². The van der Waals surface area contributed by atoms with Gasteiger partial charge in [-0.15, -0.1) is 0 Å². The average molecular weight is 370 g/mol. The van der Waals surface area contributed by atoms with Crippen LogP contribution in [-0.2, 0) is 6.54 Å². The predicted molar refractivity (Wildman–Crippen MR) is 99.5 cm³/mol. The number of hydrogen-bond acceptors (Lipinski definition) is 3. The molecule has 2 bridgehead atoms. The third-order valence-corrected chi connectivity index (χ3v) is 6.80. The van der Waals surface area contributed by atoms with Crippen LogP contribution in [0.5, 0.6) is 5.75 Å². The largest absolute Gasteiger partial charge is 0.508 e. The molecular formula is C22H24F2N2O. The number of rotatable bonds is 3. The second-order valence-corrected chi connectivity index (χ2v) is 8.20. The monoisotopic (exact) mass is 370 g/mol. The first kappa shape index (κ1) is 17.1. The number of piperidine rings is 3. The van der Waals surface area contributed by atoms with E-state index < -0.39 is 11.6 Å². The van der Waals surface area contributed by atoms with E-state index in [4.69, 9.17) is 0 Å². The van der Waals surface area contributed by atoms with Gasteiger partial charge in [0, 0.05) is 36.7 Å². The third kappa shape index (κ3) is 2.84. The summed E-state index contributed by atoms with van der Waals surface area (Å²) in [6.45, 7) is 3.47. The van der Waals surface area contributed by atoms with Crippen molar-refractivity contribution in [1.29, 1.82) is 0 Å². The van der Waals surface area contributed by atoms with E-state index in [2.05, 4.69) is 15.9 Å². The van der Waals surface area contributed by atoms with Crippen LogP contribution in [0.2, 0.25) is 0 Å². The first-order valence-corrected chi connectivity index (χ1v) is 9.82. The lowest BCUT2D eigenvalue weighted by Gasteiger charge is -2.51. The molecular weight excluding hydrogens is 346 g/mol. The molecule has 6 rings (SSSR count). The standard InChI is InChI=1S/C22H24F2N2O/c23-19-6-2-4-16(20(19)24)12-26-13-18(15-3-1-5-17(27)11-15)22-21(26)14-7-9-25(22)10-8-14/h1-6,11,14,18,21-22,27H,7-10,12-13H2/t18-,21+,22+/m0/s1. The van der Waals surface area contributed by atoms with E-state index in [1.54, 1.807) is 18.2 Å². The van der Waals surface area contributed by atoms with Gasteiger partial charge in [0.1, 0.15) is 5.75 Å². The van der Waals surface area contributed by atoms with Crippen LogP contribution in [0.15, 0.2) is 42.5 Å². The minimum atomic E-state index is -0.776. The van der Waals surface area contributed by atoms with Gasteiger partial charge in [0.05, 0.1) is 0 Å². The van der Waals surface area contributed by atoms with E-state index in [0.717, 1.165) is 25.2 Å². The van der Waals surface area contributed by atoms with Gasteiger partial charge in [-0.25, -0.2) is 8.78 Å². The summed E-state index contributed by atoms with van der Waals surface area (Å²) >= 11 is 0. The van der Waals surface area contributed by atoms with Gasteiger partial charge in [-0.3, -0.25) is 9.80 Å². The summed E-state index contributed by atoms with van der Waals surface area (Å²) in [6, 6.07) is 12.7. The average Bonchev–Trinajstić information content (AvgIpc) is 3.08. The van der Waals surface area contributed by atoms with Crippen molar-refractivity contribution in [2.24, 2.45) is 5.92 Å². The van der Waals surface area contributed by atoms with Crippen LogP contribution in [0.25, 0.3) is 0 Å². The summed E-state index contributed by atoms with van der Waals surface area (Å²) in [5, 5.41) is 9.95. The molecule has 0 saturated carbocycles. The Labute approximate surface area is 158 Å². The van der Waals surface area contributed by atoms with E-state index >= 15 is 0 Å². The Morgan fingerprint density at radius 3 is 2.56 bits per heavy atom. The van der Waals surface area contributed by atoms with Gasteiger partial charge in [-0.2, -0.15) is 0 Å². The Bertz CT molecular complexity index is 850. The van der Waals surface area contributed by atoms with Crippen molar-refractivity contribution in [1.82, 2.24) is 9.80 Å². The number of halogens is 2. The number of benzene rings is 2. The summed E-state index contributed by atoms with van der Waals surface area (Å²) in [7, 11) is 0. The molecule has 4 heterocycles. The Morgan fingerprint density at radius 2 is 1.78 bits per heavy atom. The molecule has 0 amide bonds. The van der Waals surface area contributed by atoms with E-state index in [1.165, 1.54) is 18.9 Å². The molecule has 0 aromatic heterocycles. The van der Waals surface area contributed by atoms with Gasteiger partial charge < -0.3 is 5.11 Å². The lowest BCUT2D eigenvalue weighted by Crippen LogP contribution is -2.60. The lowest BCUT2D eigenvalue weighted by molar-refractivity contribution is -0.00896. The minimum Gasteiger partial charge on any atom is -0.508 e. The van der Waals surface area contributed by atoms with Gasteiger partial charge in [-0.05, 0) is 55.6 Å². The number of nitrogens with zero attached hydrogens (tertiary/aromatic N) is 2. The molecule has 2 aromatic carbocycles. The Morgan fingerprint density at radius 1 is 1.00 bits per heavy atom. The fraction of sp³-hybridized carbons (Fsp3) is 0.455. The normalized spacial score (nSPS) is 32.6. The molecule has 5 heteroatoms. The molecule has 4 aliphatic heterocycles. The zero-order valence-electron chi connectivity index (χ0n) is 15.2. The van der Waals surface area contributed by atoms with Crippen LogP contribution in [0.4, 0.5) is 8.78 Å². The number of aromatic hydroxyl groups is 1. The molecule has 0 radical (unpaired) electrons. The molecule has 4 aliphatic rings. The van der Waals surface area contributed by atoms with Crippen LogP contribution in [0.3, 0.4) is 0 Å². The fourth-order valence-electron chi connectivity index (χ4n) is 5.66. The Hall–Kier alpha value is -1.98. The van der Waals surface area contributed by atoms with Crippen molar-refractivity contribution >= 4 is 0 Å². The highest BCUT2D eigenvalue weighted by molar-refractivity contribution is 5.33. The molecule has 3 atom stereocenters. The van der Waals surface area contributed by atoms with Crippen molar-refractivity contribution in [2.75, 3.05) is 19.6 Å². The zero-order valence-corrected chi connectivity index (χ0v) is 15.2. The molecule has 142 valence electrons. The van der Waals surface area contributed by atoms with E-state index in [-0.39, 0.29) is 11.7 Å². The van der Waals surface area contributed by atoms with Crippen LogP contribution < -0.4 is 0 Å². The van der Waals surface area contributed by atoms with E-state index in [9.17, 15) is 13.9 Å². The maximum absolute atomic E-state index is 14.3. The summed E-state index contributed by atoms with van der Waals surface area (Å²) in [5.41, 5.74) is 1.57. The highest BCUT2D eigenvalue weighted by Gasteiger charge is 2.53. The zero-order chi connectivity index (χ0) is 18.5. The molecule has 0 spiro atoms. The van der Waals surface area contributed by atoms with Gasteiger partial charge in [-0.1, -0.05) is 24.3 Å². The van der Waals surface area contributed by atoms with Crippen molar-refractivity contribution in [3.8, 4) is 5.75 Å². The summed E-state index contributed by atoms with van der Waals surface area (Å²) in [4.78, 5) is 4.93. The van der Waals surface area contributed by atoms with Crippen LogP contribution in [0, 0.1) is 17.6 Å². The highest BCUT2D eigenvalue weighted by Crippen LogP contribution is 2.47. The Balaban J connectivity index is 1.50. The lowest BCUT2D eigenvalue weighted by atomic mass is 9.75. The first-order chi connectivity index (χ1) is 13.1. The number of likely N-dealkylation sites (tertiary alicyclic amines) is 1. The van der Waals surface area contributed by atoms with Crippen LogP contribution in [0.1, 0.15) is 29.9 Å². The van der Waals surface area contributed by atoms with Gasteiger partial charge in [0.15, 0.2) is 11.6 Å². The third-order valence-electron chi connectivity index (χ3n) is 6.80. The van der Waals surface area contributed by atoms with Crippen LogP contribution >= 0.6 is 0 Å². The number of fused-ring (bicyclic) bond motifs is 2. The molecule has 3 nitrogen and oxygen atoms in total. The van der Waals surface area contributed by atoms with Crippen LogP contribution in [-0.4, -0.2) is 46.6 Å². The fourth-order valence-corrected chi connectivity index (χ4v) is 5.66. The number of phenolic OH excluding ortho intramolecular Hbond substituents is 1. The molecule has 4 saturated heterocycles. The van der Waals surface area contributed by atoms with E-state index in [0.29, 0.717) is 30.1 Å². The minimum absolute atomic E-state index is 0.279. The van der Waals surface area contributed by atoms with E-state index in [1.807, 2.05) is 12.1 Å². The highest BCUT2D eigenvalue weighted by atomic mass is 19.2. The van der Waals surface area contributed by atoms with Crippen molar-refractivity contribution in [3.05, 3.63) is 65.2 Å². The summed E-state index contributed by atoms with van der Waals surface area (Å²) < 4.78 is 28.0. The molecule has 27 heavy (non-hydrogen) atoms. The number of hydrogen-bond donors (Lipinski definition) is 1. The molecule has 1 N–H and O–H groups in total. The molecule has 4 fully saturated rings. The van der Waals surface area contributed by atoms with Gasteiger partial charge in [0.2, 0.25) is 0 Å². The quantitative estimate of drug-likeness (QED) is 0.892. The van der Waals surface area contributed by atoms with Gasteiger partial charge >= 0.3 is 0 Å². The maximum Gasteiger partial charge on any atom is 0.163 e. The maximum atomic E-state index is 14.3. The van der Waals surface area contributed by atoms with Crippen molar-refractivity contribution in [2.45, 2.75) is 37.4 Å². The molecule has 2 aromatic rings. The van der Waals surface area contributed by atoms with Crippen molar-refractivity contribution in [3.63, 3.8) is 0 Å². The second-order valence-electron chi connectivity index (χ2n) is 8.20. The SMILES string of the molecule is Oc1cccc([C@@H]2CN(Cc3cccc(F)c3F)[C@@H]3C4CCN(CC4)[C@@H]32)c1. The summed E-state index contributed by atoms with van der Waals surface area (Å²) in [6.07, 6.45) is 2.35. The number of phenols is 1. The van der Waals surface area contributed by atoms with Gasteiger partial charge in [0.25, 0.3) is 0 Å². The second kappa shape index (κ2) is 6.57. The predicted octanol–water partition coefficient (Wildman–Crippen LogP) is 3.73. The molecule has 0 aliphatic carbocycles.